The molecule has 6 nitrogen and oxygen atoms in total. The highest BCUT2D eigenvalue weighted by Crippen LogP contribution is 2.13. The summed E-state index contributed by atoms with van der Waals surface area (Å²) >= 11 is 0. The molecule has 0 saturated heterocycles. The Morgan fingerprint density at radius 2 is 0.618 bits per heavy atom. The molecular weight excluding hydrogens is 685 g/mol. The van der Waals surface area contributed by atoms with Crippen LogP contribution in [0.1, 0.15) is 239 Å². The lowest BCUT2D eigenvalue weighted by molar-refractivity contribution is -0.167. The van der Waals surface area contributed by atoms with Gasteiger partial charge in [0.25, 0.3) is 0 Å². The Labute approximate surface area is 340 Å². The molecule has 0 rings (SSSR count). The highest BCUT2D eigenvalue weighted by Gasteiger charge is 2.19. The number of hydrogen-bond donors (Lipinski definition) is 0. The first kappa shape index (κ1) is 52.6. The van der Waals surface area contributed by atoms with Gasteiger partial charge < -0.3 is 14.2 Å². The zero-order chi connectivity index (χ0) is 40.1. The molecular formula is C49H88O6. The number of unbranched alkanes of at least 4 members (excludes halogenated alkanes) is 25. The normalized spacial score (nSPS) is 11.8. The van der Waals surface area contributed by atoms with Crippen molar-refractivity contribution >= 4 is 17.9 Å². The molecule has 0 bridgehead atoms. The van der Waals surface area contributed by atoms with Gasteiger partial charge in [-0.15, -0.1) is 0 Å². The van der Waals surface area contributed by atoms with E-state index in [1.165, 1.54) is 116 Å². The maximum absolute atomic E-state index is 12.7. The fraction of sp³-hybridized carbons (Fsp3) is 0.816. The number of allylic oxidation sites excluding steroid dienone is 6. The molecule has 55 heavy (non-hydrogen) atoms. The third-order valence-electron chi connectivity index (χ3n) is 10.1. The quantitative estimate of drug-likeness (QED) is 0.0266. The van der Waals surface area contributed by atoms with Crippen molar-refractivity contribution in [1.29, 1.82) is 0 Å². The number of rotatable bonds is 42. The van der Waals surface area contributed by atoms with Crippen LogP contribution in [0, 0.1) is 0 Å². The summed E-state index contributed by atoms with van der Waals surface area (Å²) in [6, 6.07) is 0. The van der Waals surface area contributed by atoms with Crippen molar-refractivity contribution in [2.24, 2.45) is 0 Å². The van der Waals surface area contributed by atoms with Crippen molar-refractivity contribution in [2.45, 2.75) is 245 Å². The second kappa shape index (κ2) is 44.3. The minimum atomic E-state index is -0.778. The van der Waals surface area contributed by atoms with Crippen LogP contribution in [-0.4, -0.2) is 37.2 Å². The Morgan fingerprint density at radius 3 is 0.964 bits per heavy atom. The van der Waals surface area contributed by atoms with E-state index in [9.17, 15) is 14.4 Å². The minimum absolute atomic E-state index is 0.0818. The van der Waals surface area contributed by atoms with Crippen LogP contribution < -0.4 is 0 Å². The second-order valence-electron chi connectivity index (χ2n) is 15.7. The Hall–Kier alpha value is -2.37. The maximum atomic E-state index is 12.7. The molecule has 0 spiro atoms. The largest absolute Gasteiger partial charge is 0.462 e. The van der Waals surface area contributed by atoms with E-state index in [0.717, 1.165) is 83.5 Å². The fourth-order valence-corrected chi connectivity index (χ4v) is 6.47. The van der Waals surface area contributed by atoms with Gasteiger partial charge in [-0.05, 0) is 89.9 Å². The van der Waals surface area contributed by atoms with E-state index in [1.807, 2.05) is 0 Å². The summed E-state index contributed by atoms with van der Waals surface area (Å²) in [4.78, 5) is 37.7. The van der Waals surface area contributed by atoms with Crippen molar-refractivity contribution in [1.82, 2.24) is 0 Å². The summed E-state index contributed by atoms with van der Waals surface area (Å²) < 4.78 is 16.7. The van der Waals surface area contributed by atoms with Crippen molar-refractivity contribution in [3.63, 3.8) is 0 Å². The van der Waals surface area contributed by atoms with Gasteiger partial charge in [0.05, 0.1) is 0 Å². The summed E-state index contributed by atoms with van der Waals surface area (Å²) in [5.41, 5.74) is 0. The summed E-state index contributed by atoms with van der Waals surface area (Å²) in [5.74, 6) is -0.907. The first-order valence-electron chi connectivity index (χ1n) is 23.5. The van der Waals surface area contributed by atoms with Gasteiger partial charge in [-0.1, -0.05) is 166 Å². The number of hydrogen-bond acceptors (Lipinski definition) is 6. The van der Waals surface area contributed by atoms with Crippen molar-refractivity contribution in [3.8, 4) is 0 Å². The summed E-state index contributed by atoms with van der Waals surface area (Å²) in [7, 11) is 0. The molecule has 320 valence electrons. The van der Waals surface area contributed by atoms with E-state index in [2.05, 4.69) is 57.2 Å². The van der Waals surface area contributed by atoms with Gasteiger partial charge in [0.1, 0.15) is 13.2 Å². The molecule has 0 aliphatic carbocycles. The molecule has 0 saturated carbocycles. The average molecular weight is 773 g/mol. The van der Waals surface area contributed by atoms with E-state index in [1.54, 1.807) is 0 Å². The van der Waals surface area contributed by atoms with Gasteiger partial charge in [0.15, 0.2) is 6.10 Å². The monoisotopic (exact) mass is 773 g/mol. The van der Waals surface area contributed by atoms with Crippen LogP contribution in [-0.2, 0) is 28.6 Å². The van der Waals surface area contributed by atoms with Crippen LogP contribution >= 0.6 is 0 Å². The van der Waals surface area contributed by atoms with Crippen LogP contribution in [0.5, 0.6) is 0 Å². The average Bonchev–Trinajstić information content (AvgIpc) is 3.18. The molecule has 0 aromatic heterocycles. The highest BCUT2D eigenvalue weighted by molar-refractivity contribution is 5.71. The first-order valence-corrected chi connectivity index (χ1v) is 23.5. The highest BCUT2D eigenvalue weighted by atomic mass is 16.6. The van der Waals surface area contributed by atoms with Gasteiger partial charge >= 0.3 is 17.9 Å². The van der Waals surface area contributed by atoms with Crippen LogP contribution in [0.3, 0.4) is 0 Å². The molecule has 0 amide bonds. The van der Waals surface area contributed by atoms with E-state index < -0.39 is 6.10 Å². The fourth-order valence-electron chi connectivity index (χ4n) is 6.47. The molecule has 0 aromatic rings. The number of ether oxygens (including phenoxy) is 3. The lowest BCUT2D eigenvalue weighted by Gasteiger charge is -2.18. The van der Waals surface area contributed by atoms with Gasteiger partial charge in [-0.3, -0.25) is 14.4 Å². The molecule has 0 aliphatic heterocycles. The van der Waals surface area contributed by atoms with E-state index in [-0.39, 0.29) is 31.1 Å². The van der Waals surface area contributed by atoms with E-state index in [4.69, 9.17) is 14.2 Å². The van der Waals surface area contributed by atoms with Crippen LogP contribution in [0.15, 0.2) is 36.5 Å². The number of carbonyl (C=O) groups excluding carboxylic acids is 3. The Balaban J connectivity index is 4.39. The molecule has 0 N–H and O–H groups in total. The summed E-state index contributed by atoms with van der Waals surface area (Å²) in [5, 5.41) is 0. The predicted octanol–water partition coefficient (Wildman–Crippen LogP) is 15.0. The molecule has 0 radical (unpaired) electrons. The zero-order valence-electron chi connectivity index (χ0n) is 36.4. The topological polar surface area (TPSA) is 78.9 Å². The Morgan fingerprint density at radius 1 is 0.345 bits per heavy atom. The molecule has 0 unspecified atom stereocenters. The molecule has 0 aliphatic rings. The zero-order valence-corrected chi connectivity index (χ0v) is 36.4. The first-order chi connectivity index (χ1) is 27.0. The third-order valence-corrected chi connectivity index (χ3v) is 10.1. The smallest absolute Gasteiger partial charge is 0.306 e. The lowest BCUT2D eigenvalue weighted by Crippen LogP contribution is -2.30. The third kappa shape index (κ3) is 42.6. The molecule has 0 aromatic carbocycles. The van der Waals surface area contributed by atoms with E-state index >= 15 is 0 Å². The Kier molecular flexibility index (Phi) is 42.4. The second-order valence-corrected chi connectivity index (χ2v) is 15.7. The van der Waals surface area contributed by atoms with Gasteiger partial charge in [-0.2, -0.15) is 0 Å². The van der Waals surface area contributed by atoms with Crippen molar-refractivity contribution in [2.75, 3.05) is 13.2 Å². The van der Waals surface area contributed by atoms with E-state index in [0.29, 0.717) is 19.3 Å². The number of esters is 3. The minimum Gasteiger partial charge on any atom is -0.462 e. The molecule has 0 atom stereocenters. The molecule has 6 heteroatoms. The predicted molar refractivity (Wildman–Crippen MR) is 233 cm³/mol. The molecule has 0 heterocycles. The van der Waals surface area contributed by atoms with Crippen LogP contribution in [0.25, 0.3) is 0 Å². The van der Waals surface area contributed by atoms with Crippen LogP contribution in [0.2, 0.25) is 0 Å². The SMILES string of the molecule is CCCC/C=C\CCCCCCCC(=O)OC(COC(=O)CCCCCCC/C=C\CCCCCC)COC(=O)CCCCCCC/C=C\CCCCCC. The number of carbonyl (C=O) groups is 3. The summed E-state index contributed by atoms with van der Waals surface area (Å²) in [6.07, 6.45) is 49.8. The lowest BCUT2D eigenvalue weighted by atomic mass is 10.1. The van der Waals surface area contributed by atoms with Crippen molar-refractivity contribution < 1.29 is 28.6 Å². The van der Waals surface area contributed by atoms with Gasteiger partial charge in [-0.25, -0.2) is 0 Å². The van der Waals surface area contributed by atoms with Gasteiger partial charge in [0.2, 0.25) is 0 Å². The maximum Gasteiger partial charge on any atom is 0.306 e. The standard InChI is InChI=1S/C49H88O6/c1-4-7-10-13-16-19-22-24-27-29-32-35-38-41-47(50)53-44-46(55-49(52)43-40-37-34-31-26-21-18-15-12-9-6-3)45-54-48(51)42-39-36-33-30-28-25-23-20-17-14-11-8-5-2/h15,18-20,22-23,46H,4-14,16-17,21,24-45H2,1-3H3/b18-15-,22-19-,23-20-. The summed E-state index contributed by atoms with van der Waals surface area (Å²) in [6.45, 7) is 6.54. The molecule has 0 fully saturated rings. The van der Waals surface area contributed by atoms with Crippen LogP contribution in [0.4, 0.5) is 0 Å². The van der Waals surface area contributed by atoms with Gasteiger partial charge in [0, 0.05) is 19.3 Å². The van der Waals surface area contributed by atoms with Crippen molar-refractivity contribution in [3.05, 3.63) is 36.5 Å². The Bertz CT molecular complexity index is 886.